The molecule has 1 unspecified atom stereocenters. The zero-order valence-corrected chi connectivity index (χ0v) is 11.6. The van der Waals surface area contributed by atoms with Crippen LogP contribution in [0.4, 0.5) is 4.39 Å². The Hall–Kier alpha value is -0.700. The third-order valence-corrected chi connectivity index (χ3v) is 5.58. The van der Waals surface area contributed by atoms with Crippen LogP contribution in [0.2, 0.25) is 0 Å². The Morgan fingerprint density at radius 2 is 2.33 bits per heavy atom. The Morgan fingerprint density at radius 1 is 1.44 bits per heavy atom. The third-order valence-electron chi connectivity index (χ3n) is 2.74. The van der Waals surface area contributed by atoms with Crippen LogP contribution in [0.1, 0.15) is 11.1 Å². The highest BCUT2D eigenvalue weighted by molar-refractivity contribution is 8.06. The van der Waals surface area contributed by atoms with E-state index in [0.29, 0.717) is 11.8 Å². The second-order valence-electron chi connectivity index (χ2n) is 4.12. The summed E-state index contributed by atoms with van der Waals surface area (Å²) in [4.78, 5) is 0. The third kappa shape index (κ3) is 3.91. The van der Waals surface area contributed by atoms with Crippen LogP contribution in [0, 0.1) is 17.1 Å². The summed E-state index contributed by atoms with van der Waals surface area (Å²) < 4.78 is 13.1. The van der Waals surface area contributed by atoms with E-state index in [1.807, 2.05) is 29.6 Å². The van der Waals surface area contributed by atoms with E-state index < -0.39 is 5.82 Å². The van der Waals surface area contributed by atoms with Gasteiger partial charge < -0.3 is 5.32 Å². The van der Waals surface area contributed by atoms with Crippen LogP contribution in [-0.2, 0) is 6.54 Å². The van der Waals surface area contributed by atoms with E-state index in [0.717, 1.165) is 12.1 Å². The molecule has 2 nitrogen and oxygen atoms in total. The highest BCUT2D eigenvalue weighted by atomic mass is 32.2. The molecule has 1 atom stereocenters. The van der Waals surface area contributed by atoms with Gasteiger partial charge in [-0.25, -0.2) is 4.39 Å². The van der Waals surface area contributed by atoms with E-state index in [4.69, 9.17) is 5.26 Å². The fraction of sp³-hybridized carbons (Fsp3) is 0.462. The number of nitrogens with one attached hydrogen (secondary N) is 1. The second kappa shape index (κ2) is 7.03. The van der Waals surface area contributed by atoms with Crippen molar-refractivity contribution in [3.8, 4) is 6.07 Å². The van der Waals surface area contributed by atoms with Crippen molar-refractivity contribution in [1.29, 1.82) is 5.26 Å². The minimum Gasteiger partial charge on any atom is -0.312 e. The Labute approximate surface area is 115 Å². The van der Waals surface area contributed by atoms with Gasteiger partial charge in [-0.3, -0.25) is 0 Å². The molecule has 96 valence electrons. The standard InChI is InChI=1S/C13H15FN2S2/c14-13-2-1-10(5-11(13)6-15)7-16-8-12-9-17-3-4-18-12/h1-2,5,12,16H,3-4,7-9H2. The zero-order chi connectivity index (χ0) is 12.8. The van der Waals surface area contributed by atoms with Gasteiger partial charge in [0.15, 0.2) is 0 Å². The summed E-state index contributed by atoms with van der Waals surface area (Å²) >= 11 is 4.02. The molecule has 1 aliphatic heterocycles. The van der Waals surface area contributed by atoms with Crippen molar-refractivity contribution in [1.82, 2.24) is 5.32 Å². The van der Waals surface area contributed by atoms with Crippen LogP contribution in [0.3, 0.4) is 0 Å². The monoisotopic (exact) mass is 282 g/mol. The van der Waals surface area contributed by atoms with Crippen molar-refractivity contribution >= 4 is 23.5 Å². The zero-order valence-electron chi connectivity index (χ0n) is 9.99. The van der Waals surface area contributed by atoms with E-state index in [-0.39, 0.29) is 5.56 Å². The van der Waals surface area contributed by atoms with Gasteiger partial charge in [0, 0.05) is 35.6 Å². The molecule has 1 N–H and O–H groups in total. The number of hydrogen-bond acceptors (Lipinski definition) is 4. The van der Waals surface area contributed by atoms with Gasteiger partial charge in [-0.1, -0.05) is 6.07 Å². The van der Waals surface area contributed by atoms with Crippen LogP contribution >= 0.6 is 23.5 Å². The van der Waals surface area contributed by atoms with Crippen LogP contribution in [0.15, 0.2) is 18.2 Å². The highest BCUT2D eigenvalue weighted by Gasteiger charge is 2.13. The normalized spacial score (nSPS) is 19.4. The van der Waals surface area contributed by atoms with Crippen molar-refractivity contribution in [2.24, 2.45) is 0 Å². The fourth-order valence-corrected chi connectivity index (χ4v) is 4.45. The SMILES string of the molecule is N#Cc1cc(CNCC2CSCCS2)ccc1F. The van der Waals surface area contributed by atoms with Crippen LogP contribution in [0.25, 0.3) is 0 Å². The molecule has 18 heavy (non-hydrogen) atoms. The molecular formula is C13H15FN2S2. The maximum Gasteiger partial charge on any atom is 0.140 e. The van der Waals surface area contributed by atoms with Crippen molar-refractivity contribution in [2.75, 3.05) is 23.8 Å². The molecule has 0 aromatic heterocycles. The minimum absolute atomic E-state index is 0.122. The molecule has 2 rings (SSSR count). The van der Waals surface area contributed by atoms with Crippen LogP contribution in [0.5, 0.6) is 0 Å². The summed E-state index contributed by atoms with van der Waals surface area (Å²) in [6, 6.07) is 6.57. The maximum absolute atomic E-state index is 13.1. The number of benzene rings is 1. The molecular weight excluding hydrogens is 267 g/mol. The van der Waals surface area contributed by atoms with Gasteiger partial charge in [0.05, 0.1) is 5.56 Å². The van der Waals surface area contributed by atoms with E-state index in [1.54, 1.807) is 12.1 Å². The molecule has 0 radical (unpaired) electrons. The smallest absolute Gasteiger partial charge is 0.140 e. The number of nitriles is 1. The number of halogens is 1. The number of thioether (sulfide) groups is 2. The molecule has 1 saturated heterocycles. The molecule has 0 saturated carbocycles. The lowest BCUT2D eigenvalue weighted by atomic mass is 10.1. The van der Waals surface area contributed by atoms with Crippen molar-refractivity contribution < 1.29 is 4.39 Å². The molecule has 1 aliphatic rings. The second-order valence-corrected chi connectivity index (χ2v) is 6.68. The Balaban J connectivity index is 1.81. The topological polar surface area (TPSA) is 35.8 Å². The molecule has 0 amide bonds. The highest BCUT2D eigenvalue weighted by Crippen LogP contribution is 2.23. The van der Waals surface area contributed by atoms with Gasteiger partial charge in [-0.2, -0.15) is 28.8 Å². The molecule has 1 aromatic carbocycles. The average molecular weight is 282 g/mol. The number of nitrogens with zero attached hydrogens (tertiary/aromatic N) is 1. The summed E-state index contributed by atoms with van der Waals surface area (Å²) in [7, 11) is 0. The van der Waals surface area contributed by atoms with Gasteiger partial charge in [-0.05, 0) is 17.7 Å². The average Bonchev–Trinajstić information content (AvgIpc) is 2.42. The van der Waals surface area contributed by atoms with Crippen LogP contribution in [-0.4, -0.2) is 29.1 Å². The predicted octanol–water partition coefficient (Wildman–Crippen LogP) is 2.64. The molecule has 5 heteroatoms. The minimum atomic E-state index is -0.444. The van der Waals surface area contributed by atoms with Gasteiger partial charge >= 0.3 is 0 Å². The molecule has 1 heterocycles. The fourth-order valence-electron chi connectivity index (χ4n) is 1.80. The Kier molecular flexibility index (Phi) is 5.36. The van der Waals surface area contributed by atoms with Crippen molar-refractivity contribution in [3.63, 3.8) is 0 Å². The number of hydrogen-bond donors (Lipinski definition) is 1. The lowest BCUT2D eigenvalue weighted by Crippen LogP contribution is -2.28. The quantitative estimate of drug-likeness (QED) is 0.921. The molecule has 0 aliphatic carbocycles. The Morgan fingerprint density at radius 3 is 3.06 bits per heavy atom. The summed E-state index contributed by atoms with van der Waals surface area (Å²) in [6.45, 7) is 1.66. The van der Waals surface area contributed by atoms with E-state index in [2.05, 4.69) is 5.32 Å². The van der Waals surface area contributed by atoms with Crippen molar-refractivity contribution in [2.45, 2.75) is 11.8 Å². The van der Waals surface area contributed by atoms with E-state index in [1.165, 1.54) is 23.3 Å². The summed E-state index contributed by atoms with van der Waals surface area (Å²) in [5.41, 5.74) is 1.08. The summed E-state index contributed by atoms with van der Waals surface area (Å²) in [5, 5.41) is 12.8. The molecule has 0 bridgehead atoms. The first-order chi connectivity index (χ1) is 8.79. The maximum atomic E-state index is 13.1. The van der Waals surface area contributed by atoms with Gasteiger partial charge in [0.1, 0.15) is 11.9 Å². The lowest BCUT2D eigenvalue weighted by Gasteiger charge is -2.21. The summed E-state index contributed by atoms with van der Waals surface area (Å²) in [6.07, 6.45) is 0. The van der Waals surface area contributed by atoms with Crippen LogP contribution < -0.4 is 5.32 Å². The predicted molar refractivity (Wildman–Crippen MR) is 76.4 cm³/mol. The van der Waals surface area contributed by atoms with E-state index >= 15 is 0 Å². The van der Waals surface area contributed by atoms with E-state index in [9.17, 15) is 4.39 Å². The first kappa shape index (κ1) is 13.7. The molecule has 1 fully saturated rings. The first-order valence-electron chi connectivity index (χ1n) is 5.88. The largest absolute Gasteiger partial charge is 0.312 e. The van der Waals surface area contributed by atoms with Gasteiger partial charge in [0.2, 0.25) is 0 Å². The lowest BCUT2D eigenvalue weighted by molar-refractivity contribution is 0.621. The van der Waals surface area contributed by atoms with Gasteiger partial charge in [0.25, 0.3) is 0 Å². The summed E-state index contributed by atoms with van der Waals surface area (Å²) in [5.74, 6) is 3.24. The molecule has 1 aromatic rings. The Bertz CT molecular complexity index is 439. The van der Waals surface area contributed by atoms with Gasteiger partial charge in [-0.15, -0.1) is 0 Å². The van der Waals surface area contributed by atoms with Crippen molar-refractivity contribution in [3.05, 3.63) is 35.1 Å². The first-order valence-corrected chi connectivity index (χ1v) is 8.08. The molecule has 0 spiro atoms. The number of rotatable bonds is 4.